The van der Waals surface area contributed by atoms with Crippen molar-refractivity contribution in [3.63, 3.8) is 0 Å². The third kappa shape index (κ3) is 6.51. The summed E-state index contributed by atoms with van der Waals surface area (Å²) in [5, 5.41) is 3.74. The first-order valence-electron chi connectivity index (χ1n) is 13.7. The maximum atomic E-state index is 13.4. The van der Waals surface area contributed by atoms with Gasteiger partial charge in [-0.15, -0.1) is 0 Å². The quantitative estimate of drug-likeness (QED) is 0.473. The predicted octanol–water partition coefficient (Wildman–Crippen LogP) is 3.38. The zero-order chi connectivity index (χ0) is 28.1. The molecule has 2 aliphatic rings. The molecule has 0 saturated carbocycles. The van der Waals surface area contributed by atoms with E-state index in [9.17, 15) is 18.0 Å². The second-order valence-electron chi connectivity index (χ2n) is 10.0. The maximum absolute atomic E-state index is 13.4. The molecule has 2 fully saturated rings. The number of hydrogen-bond acceptors (Lipinski definition) is 8. The molecule has 1 aromatic carbocycles. The Labute approximate surface area is 231 Å². The molecule has 0 spiro atoms. The molecule has 4 heterocycles. The Bertz CT molecular complexity index is 1290. The van der Waals surface area contributed by atoms with Crippen LogP contribution in [0.15, 0.2) is 42.7 Å². The third-order valence-electron chi connectivity index (χ3n) is 7.57. The molecule has 214 valence electrons. The highest BCUT2D eigenvalue weighted by Crippen LogP contribution is 2.28. The molecule has 2 aliphatic heterocycles. The number of carbonyl (C=O) groups excluding carboxylic acids is 1. The lowest BCUT2D eigenvalue weighted by molar-refractivity contribution is -0.145. The molecule has 40 heavy (non-hydrogen) atoms. The number of nitrogens with one attached hydrogen (secondary N) is 1. The third-order valence-corrected chi connectivity index (χ3v) is 7.57. The number of halogens is 3. The number of pyridine rings is 1. The van der Waals surface area contributed by atoms with Gasteiger partial charge in [0.05, 0.1) is 18.2 Å². The van der Waals surface area contributed by atoms with Crippen LogP contribution in [0.25, 0.3) is 10.9 Å². The Morgan fingerprint density at radius 2 is 1.80 bits per heavy atom. The molecule has 9 nitrogen and oxygen atoms in total. The van der Waals surface area contributed by atoms with Crippen LogP contribution < -0.4 is 10.2 Å². The number of anilines is 1. The van der Waals surface area contributed by atoms with Gasteiger partial charge in [-0.2, -0.15) is 13.2 Å². The summed E-state index contributed by atoms with van der Waals surface area (Å²) in [6.07, 6.45) is -1.45. The average Bonchev–Trinajstić information content (AvgIpc) is 3.26. The largest absolute Gasteiger partial charge is 0.451 e. The molecule has 5 rings (SSSR count). The van der Waals surface area contributed by atoms with E-state index in [1.165, 1.54) is 12.4 Å². The molecule has 1 unspecified atom stereocenters. The van der Waals surface area contributed by atoms with E-state index in [0.29, 0.717) is 37.4 Å². The Balaban J connectivity index is 1.33. The van der Waals surface area contributed by atoms with Crippen molar-refractivity contribution in [1.29, 1.82) is 0 Å². The van der Waals surface area contributed by atoms with E-state index >= 15 is 0 Å². The van der Waals surface area contributed by atoms with Crippen LogP contribution in [0.2, 0.25) is 0 Å². The molecular formula is C28H34F3N7O2. The number of amides is 1. The number of piperazine rings is 1. The average molecular weight is 558 g/mol. The summed E-state index contributed by atoms with van der Waals surface area (Å²) in [6.45, 7) is 9.54. The molecule has 1 N–H and O–H groups in total. The van der Waals surface area contributed by atoms with Crippen LogP contribution in [0.3, 0.4) is 0 Å². The van der Waals surface area contributed by atoms with Crippen molar-refractivity contribution < 1.29 is 22.7 Å². The van der Waals surface area contributed by atoms with Gasteiger partial charge in [-0.05, 0) is 37.2 Å². The van der Waals surface area contributed by atoms with E-state index in [0.717, 1.165) is 55.9 Å². The van der Waals surface area contributed by atoms with Gasteiger partial charge in [-0.25, -0.2) is 15.0 Å². The van der Waals surface area contributed by atoms with Gasteiger partial charge < -0.3 is 19.9 Å². The first kappa shape index (κ1) is 28.2. The van der Waals surface area contributed by atoms with Crippen LogP contribution in [-0.2, 0) is 10.9 Å². The lowest BCUT2D eigenvalue weighted by Crippen LogP contribution is -2.46. The van der Waals surface area contributed by atoms with Crippen molar-refractivity contribution in [2.24, 2.45) is 0 Å². The topological polar surface area (TPSA) is 86.7 Å². The van der Waals surface area contributed by atoms with Crippen molar-refractivity contribution in [2.45, 2.75) is 25.6 Å². The van der Waals surface area contributed by atoms with Gasteiger partial charge in [-0.3, -0.25) is 9.69 Å². The van der Waals surface area contributed by atoms with Crippen LogP contribution in [0.4, 0.5) is 19.0 Å². The number of benzene rings is 1. The van der Waals surface area contributed by atoms with Crippen molar-refractivity contribution >= 4 is 22.6 Å². The van der Waals surface area contributed by atoms with Crippen molar-refractivity contribution in [1.82, 2.24) is 30.1 Å². The van der Waals surface area contributed by atoms with E-state index in [-0.39, 0.29) is 12.5 Å². The van der Waals surface area contributed by atoms with E-state index in [2.05, 4.69) is 36.9 Å². The fourth-order valence-corrected chi connectivity index (χ4v) is 5.29. The molecule has 0 bridgehead atoms. The normalized spacial score (nSPS) is 18.4. The van der Waals surface area contributed by atoms with E-state index in [1.54, 1.807) is 6.07 Å². The Morgan fingerprint density at radius 3 is 2.52 bits per heavy atom. The number of aromatic nitrogens is 3. The number of fused-ring (bicyclic) bond motifs is 1. The molecule has 2 aromatic heterocycles. The summed E-state index contributed by atoms with van der Waals surface area (Å²) < 4.78 is 44.7. The number of ether oxygens (including phenoxy) is 1. The number of likely N-dealkylation sites (N-methyl/N-ethyl adjacent to an activating group) is 1. The molecule has 12 heteroatoms. The number of rotatable bonds is 7. The summed E-state index contributed by atoms with van der Waals surface area (Å²) >= 11 is 0. The molecule has 1 atom stereocenters. The number of hydrogen-bond donors (Lipinski definition) is 1. The monoisotopic (exact) mass is 557 g/mol. The highest BCUT2D eigenvalue weighted by atomic mass is 19.4. The molecule has 0 aliphatic carbocycles. The minimum atomic E-state index is -4.62. The standard InChI is InChI=1S/C28H34F3N7O2/c1-2-36-10-12-38(13-11-36)25-8-7-21-22(5-3-6-23(21)35-25)26(39)32-19-24(37-9-4-15-40-16-14-37)20-17-33-27(34-18-20)28(29,30)31/h3,5-8,17-18,24H,2,4,9-16,19H2,1H3,(H,32,39). The smallest absolute Gasteiger partial charge is 0.380 e. The van der Waals surface area contributed by atoms with E-state index in [1.807, 2.05) is 24.3 Å². The maximum Gasteiger partial charge on any atom is 0.451 e. The van der Waals surface area contributed by atoms with Crippen molar-refractivity contribution in [3.05, 3.63) is 59.7 Å². The molecule has 0 radical (unpaired) electrons. The van der Waals surface area contributed by atoms with Gasteiger partial charge in [0.1, 0.15) is 5.82 Å². The number of alkyl halides is 3. The zero-order valence-corrected chi connectivity index (χ0v) is 22.5. The van der Waals surface area contributed by atoms with Gasteiger partial charge >= 0.3 is 6.18 Å². The molecule has 3 aromatic rings. The summed E-state index contributed by atoms with van der Waals surface area (Å²) in [6, 6.07) is 8.96. The van der Waals surface area contributed by atoms with Gasteiger partial charge in [0.15, 0.2) is 0 Å². The molecular weight excluding hydrogens is 523 g/mol. The van der Waals surface area contributed by atoms with Gasteiger partial charge in [0.25, 0.3) is 5.91 Å². The zero-order valence-electron chi connectivity index (χ0n) is 22.5. The molecule has 2 saturated heterocycles. The lowest BCUT2D eigenvalue weighted by atomic mass is 10.1. The fourth-order valence-electron chi connectivity index (χ4n) is 5.29. The molecule has 1 amide bonds. The summed E-state index contributed by atoms with van der Waals surface area (Å²) in [7, 11) is 0. The second kappa shape index (κ2) is 12.4. The first-order chi connectivity index (χ1) is 19.3. The minimum absolute atomic E-state index is 0.178. The fraction of sp³-hybridized carbons (Fsp3) is 0.500. The van der Waals surface area contributed by atoms with Crippen molar-refractivity contribution in [3.8, 4) is 0 Å². The van der Waals surface area contributed by atoms with Crippen molar-refractivity contribution in [2.75, 3.05) is 70.5 Å². The summed E-state index contributed by atoms with van der Waals surface area (Å²) in [5.41, 5.74) is 1.73. The van der Waals surface area contributed by atoms with Gasteiger partial charge in [0.2, 0.25) is 5.82 Å². The Kier molecular flexibility index (Phi) is 8.77. The van der Waals surface area contributed by atoms with Crippen LogP contribution >= 0.6 is 0 Å². The highest BCUT2D eigenvalue weighted by Gasteiger charge is 2.35. The summed E-state index contributed by atoms with van der Waals surface area (Å²) in [4.78, 5) is 32.1. The van der Waals surface area contributed by atoms with E-state index in [4.69, 9.17) is 9.72 Å². The highest BCUT2D eigenvalue weighted by molar-refractivity contribution is 6.06. The lowest BCUT2D eigenvalue weighted by Gasteiger charge is -2.34. The number of carbonyl (C=O) groups is 1. The summed E-state index contributed by atoms with van der Waals surface area (Å²) in [5.74, 6) is -0.569. The Morgan fingerprint density at radius 1 is 1.02 bits per heavy atom. The second-order valence-corrected chi connectivity index (χ2v) is 10.0. The van der Waals surface area contributed by atoms with Crippen LogP contribution in [0.1, 0.15) is 41.1 Å². The predicted molar refractivity (Wildman–Crippen MR) is 145 cm³/mol. The van der Waals surface area contributed by atoms with Gasteiger partial charge in [-0.1, -0.05) is 13.0 Å². The minimum Gasteiger partial charge on any atom is -0.380 e. The van der Waals surface area contributed by atoms with Crippen LogP contribution in [0, 0.1) is 0 Å². The van der Waals surface area contributed by atoms with Gasteiger partial charge in [0, 0.05) is 81.3 Å². The Hall–Kier alpha value is -3.35. The first-order valence-corrected chi connectivity index (χ1v) is 13.7. The van der Waals surface area contributed by atoms with E-state index < -0.39 is 18.0 Å². The number of nitrogens with zero attached hydrogens (tertiary/aromatic N) is 6. The SMILES string of the molecule is CCN1CCN(c2ccc3c(C(=O)NCC(c4cnc(C(F)(F)F)nc4)N4CCCOCC4)cccc3n2)CC1. The van der Waals surface area contributed by atoms with Crippen LogP contribution in [-0.4, -0.2) is 96.2 Å². The van der Waals surface area contributed by atoms with Crippen LogP contribution in [0.5, 0.6) is 0 Å².